The monoisotopic (exact) mass is 190 g/mol. The Morgan fingerprint density at radius 3 is 2.00 bits per heavy atom. The van der Waals surface area contributed by atoms with Crippen molar-refractivity contribution in [2.45, 2.75) is 18.3 Å². The second kappa shape index (κ2) is 7.42. The Morgan fingerprint density at radius 2 is 1.73 bits per heavy atom. The molecule has 0 rings (SSSR count). The summed E-state index contributed by atoms with van der Waals surface area (Å²) in [7, 11) is 0. The fourth-order valence-electron chi connectivity index (χ4n) is 0.416. The topological polar surface area (TPSA) is 98.0 Å². The van der Waals surface area contributed by atoms with Crippen LogP contribution < -0.4 is 0 Å². The van der Waals surface area contributed by atoms with Gasteiger partial charge in [0.25, 0.3) is 0 Å². The molecule has 0 unspecified atom stereocenters. The summed E-state index contributed by atoms with van der Waals surface area (Å²) in [5, 5.41) is 34.1. The van der Waals surface area contributed by atoms with Crippen molar-refractivity contribution >= 4 is 6.29 Å². The van der Waals surface area contributed by atoms with Crippen LogP contribution in [0.25, 0.3) is 0 Å². The molecule has 0 saturated heterocycles. The number of carbonyl (C=O) groups is 1. The zero-order chi connectivity index (χ0) is 8.15. The van der Waals surface area contributed by atoms with E-state index >= 15 is 0 Å². The van der Waals surface area contributed by atoms with Crippen LogP contribution in [0.4, 0.5) is 0 Å². The average Bonchev–Trinajstić information content (AvgIpc) is 2.00. The van der Waals surface area contributed by atoms with Crippen LogP contribution in [-0.4, -0.2) is 51.6 Å². The summed E-state index contributed by atoms with van der Waals surface area (Å²) in [5.74, 6) is 0. The zero-order valence-corrected chi connectivity index (χ0v) is 6.27. The summed E-state index contributed by atoms with van der Waals surface area (Å²) in [6.45, 7) is -0.688. The van der Waals surface area contributed by atoms with E-state index in [1.165, 1.54) is 0 Å². The van der Waals surface area contributed by atoms with Gasteiger partial charge in [0, 0.05) is 37.7 Å². The number of aldehydes is 1. The molecule has 0 bridgehead atoms. The molecule has 3 atom stereocenters. The molecular weight excluding hydrogens is 180 g/mol. The van der Waals surface area contributed by atoms with Crippen LogP contribution in [0.5, 0.6) is 0 Å². The molecule has 0 aliphatic rings. The van der Waals surface area contributed by atoms with Crippen LogP contribution in [0.3, 0.4) is 0 Å². The molecule has 0 aromatic heterocycles. The second-order valence-electron chi connectivity index (χ2n) is 1.87. The first kappa shape index (κ1) is 14.3. The first-order valence-corrected chi connectivity index (χ1v) is 2.73. The molecular formula is C5H10ArO5. The van der Waals surface area contributed by atoms with E-state index in [1.807, 2.05) is 0 Å². The second-order valence-corrected chi connectivity index (χ2v) is 1.87. The number of aliphatic hydroxyl groups excluding tert-OH is 4. The van der Waals surface area contributed by atoms with Crippen molar-refractivity contribution in [2.24, 2.45) is 0 Å². The minimum absolute atomic E-state index is 0. The van der Waals surface area contributed by atoms with Crippen molar-refractivity contribution in [1.29, 1.82) is 0 Å². The summed E-state index contributed by atoms with van der Waals surface area (Å²) < 4.78 is 0. The molecule has 0 fully saturated rings. The van der Waals surface area contributed by atoms with Crippen molar-refractivity contribution in [2.75, 3.05) is 6.61 Å². The van der Waals surface area contributed by atoms with Gasteiger partial charge in [-0.2, -0.15) is 0 Å². The maximum Gasteiger partial charge on any atom is 0.151 e. The van der Waals surface area contributed by atoms with Crippen LogP contribution in [0.1, 0.15) is 0 Å². The predicted molar refractivity (Wildman–Crippen MR) is 31.2 cm³/mol. The van der Waals surface area contributed by atoms with E-state index in [2.05, 4.69) is 0 Å². The first-order chi connectivity index (χ1) is 4.63. The van der Waals surface area contributed by atoms with Crippen molar-refractivity contribution < 1.29 is 63.0 Å². The molecule has 0 spiro atoms. The Labute approximate surface area is 93.7 Å². The molecule has 5 nitrogen and oxygen atoms in total. The molecule has 0 heterocycles. The van der Waals surface area contributed by atoms with Gasteiger partial charge in [-0.15, -0.1) is 0 Å². The van der Waals surface area contributed by atoms with E-state index in [4.69, 9.17) is 20.4 Å². The minimum atomic E-state index is -1.64. The molecule has 0 aromatic carbocycles. The van der Waals surface area contributed by atoms with Crippen LogP contribution in [0, 0.1) is 37.7 Å². The van der Waals surface area contributed by atoms with Crippen LogP contribution >= 0.6 is 0 Å². The standard InChI is InChI=1S/C5H10O5.Ar/c6-1-3(8)5(10)4(9)2-7;/h1,3-5,7-10H,2H2;/t3-,4+,5-;/m0./s1. The molecule has 0 aliphatic carbocycles. The Bertz CT molecular complexity index is 109. The Balaban J connectivity index is 0. The van der Waals surface area contributed by atoms with Gasteiger partial charge in [0.1, 0.15) is 18.3 Å². The number of aliphatic hydroxyl groups is 4. The molecule has 4 N–H and O–H groups in total. The smallest absolute Gasteiger partial charge is 0.151 e. The first-order valence-electron chi connectivity index (χ1n) is 2.73. The normalized spacial score (nSPS) is 17.8. The van der Waals surface area contributed by atoms with Crippen molar-refractivity contribution in [3.05, 3.63) is 0 Å². The van der Waals surface area contributed by atoms with Crippen LogP contribution in [0.2, 0.25) is 0 Å². The molecule has 0 aromatic rings. The SMILES string of the molecule is O=C[C@H](O)[C@H](O)[C@H](O)CO.[Ar]. The van der Waals surface area contributed by atoms with E-state index in [-0.39, 0.29) is 44.0 Å². The van der Waals surface area contributed by atoms with Gasteiger partial charge < -0.3 is 25.2 Å². The summed E-state index contributed by atoms with van der Waals surface area (Å²) in [5.41, 5.74) is 0. The molecule has 68 valence electrons. The molecule has 6 heteroatoms. The van der Waals surface area contributed by atoms with Gasteiger partial charge in [0.05, 0.1) is 6.61 Å². The quantitative estimate of drug-likeness (QED) is 0.360. The van der Waals surface area contributed by atoms with E-state index < -0.39 is 24.9 Å². The summed E-state index contributed by atoms with van der Waals surface area (Å²) in [6.07, 6.45) is -4.63. The summed E-state index contributed by atoms with van der Waals surface area (Å²) in [4.78, 5) is 9.76. The van der Waals surface area contributed by atoms with Gasteiger partial charge in [-0.1, -0.05) is 0 Å². The van der Waals surface area contributed by atoms with Crippen molar-refractivity contribution in [3.8, 4) is 0 Å². The Morgan fingerprint density at radius 1 is 1.27 bits per heavy atom. The number of hydrogen-bond acceptors (Lipinski definition) is 5. The third-order valence-corrected chi connectivity index (χ3v) is 1.07. The fraction of sp³-hybridized carbons (Fsp3) is 0.800. The number of rotatable bonds is 4. The number of hydrogen-bond donors (Lipinski definition) is 4. The van der Waals surface area contributed by atoms with Gasteiger partial charge in [-0.3, -0.25) is 0 Å². The third-order valence-electron chi connectivity index (χ3n) is 1.07. The summed E-state index contributed by atoms with van der Waals surface area (Å²) in [6, 6.07) is 0. The van der Waals surface area contributed by atoms with Gasteiger partial charge >= 0.3 is 0 Å². The Hall–Kier alpha value is 0.770. The van der Waals surface area contributed by atoms with E-state index in [0.29, 0.717) is 0 Å². The molecule has 0 aliphatic heterocycles. The van der Waals surface area contributed by atoms with Gasteiger partial charge in [0.2, 0.25) is 0 Å². The fourth-order valence-corrected chi connectivity index (χ4v) is 0.416. The Kier molecular flexibility index (Phi) is 9.65. The summed E-state index contributed by atoms with van der Waals surface area (Å²) >= 11 is 0. The maximum absolute atomic E-state index is 9.76. The van der Waals surface area contributed by atoms with Gasteiger partial charge in [-0.25, -0.2) is 0 Å². The van der Waals surface area contributed by atoms with Gasteiger partial charge in [0.15, 0.2) is 6.29 Å². The van der Waals surface area contributed by atoms with E-state index in [0.717, 1.165) is 0 Å². The van der Waals surface area contributed by atoms with E-state index in [9.17, 15) is 4.79 Å². The predicted octanol–water partition coefficient (Wildman–Crippen LogP) is -2.74. The molecule has 11 heavy (non-hydrogen) atoms. The van der Waals surface area contributed by atoms with Crippen molar-refractivity contribution in [1.82, 2.24) is 0 Å². The van der Waals surface area contributed by atoms with Gasteiger partial charge in [-0.05, 0) is 0 Å². The minimum Gasteiger partial charge on any atom is -0.394 e. The maximum atomic E-state index is 9.76. The zero-order valence-electron chi connectivity index (χ0n) is 5.57. The third kappa shape index (κ3) is 5.08. The van der Waals surface area contributed by atoms with Crippen LogP contribution in [0.15, 0.2) is 0 Å². The van der Waals surface area contributed by atoms with Crippen LogP contribution in [-0.2, 0) is 4.79 Å². The molecule has 0 amide bonds. The largest absolute Gasteiger partial charge is 0.394 e. The molecule has 0 saturated carbocycles. The van der Waals surface area contributed by atoms with Crippen molar-refractivity contribution in [3.63, 3.8) is 0 Å². The molecule has 0 radical (unpaired) electrons. The average molecular weight is 190 g/mol. The number of carbonyl (C=O) groups excluding carboxylic acids is 1. The van der Waals surface area contributed by atoms with E-state index in [1.54, 1.807) is 0 Å².